The van der Waals surface area contributed by atoms with Crippen molar-refractivity contribution in [1.82, 2.24) is 0 Å². The Hall–Kier alpha value is -2.51. The van der Waals surface area contributed by atoms with Gasteiger partial charge in [0.15, 0.2) is 6.61 Å². The first-order valence-electron chi connectivity index (χ1n) is 9.68. The van der Waals surface area contributed by atoms with Crippen LogP contribution in [0.2, 0.25) is 0 Å². The Morgan fingerprint density at radius 1 is 1.07 bits per heavy atom. The Morgan fingerprint density at radius 3 is 2.45 bits per heavy atom. The molecule has 1 amide bonds. The maximum atomic E-state index is 12.0. The number of ether oxygens (including phenoxy) is 2. The van der Waals surface area contributed by atoms with Crippen LogP contribution in [0.5, 0.6) is 0 Å². The van der Waals surface area contributed by atoms with Gasteiger partial charge in [0.25, 0.3) is 5.91 Å². The van der Waals surface area contributed by atoms with E-state index in [1.165, 1.54) is 5.56 Å². The largest absolute Gasteiger partial charge is 0.456 e. The number of nitrogens with one attached hydrogen (secondary N) is 1. The summed E-state index contributed by atoms with van der Waals surface area (Å²) in [5.74, 6) is -0.0990. The van der Waals surface area contributed by atoms with Crippen LogP contribution in [0.3, 0.4) is 0 Å². The van der Waals surface area contributed by atoms with E-state index in [1.807, 2.05) is 55.5 Å². The van der Waals surface area contributed by atoms with Crippen molar-refractivity contribution in [3.05, 3.63) is 54.1 Å². The van der Waals surface area contributed by atoms with E-state index in [9.17, 15) is 9.59 Å². The van der Waals surface area contributed by atoms with Crippen molar-refractivity contribution in [3.63, 3.8) is 0 Å². The van der Waals surface area contributed by atoms with Crippen molar-refractivity contribution >= 4 is 35.0 Å². The second kappa shape index (κ2) is 10.9. The molecule has 1 N–H and O–H groups in total. The lowest BCUT2D eigenvalue weighted by atomic mass is 10.2. The van der Waals surface area contributed by atoms with E-state index in [2.05, 4.69) is 10.2 Å². The third-order valence-electron chi connectivity index (χ3n) is 4.49. The zero-order valence-electron chi connectivity index (χ0n) is 16.6. The molecule has 29 heavy (non-hydrogen) atoms. The number of morpholine rings is 1. The van der Waals surface area contributed by atoms with Gasteiger partial charge in [-0.3, -0.25) is 9.59 Å². The Balaban J connectivity index is 1.34. The van der Waals surface area contributed by atoms with Gasteiger partial charge in [-0.25, -0.2) is 0 Å². The molecule has 1 aliphatic heterocycles. The molecule has 2 aromatic rings. The molecule has 3 rings (SSSR count). The van der Waals surface area contributed by atoms with Crippen LogP contribution in [0.25, 0.3) is 0 Å². The minimum absolute atomic E-state index is 0.264. The fourth-order valence-electron chi connectivity index (χ4n) is 2.88. The van der Waals surface area contributed by atoms with Crippen molar-refractivity contribution in [2.45, 2.75) is 18.2 Å². The summed E-state index contributed by atoms with van der Waals surface area (Å²) in [5, 5.41) is 2.75. The second-order valence-corrected chi connectivity index (χ2v) is 7.93. The SMILES string of the molecule is Cc1ccc(SCCC(=O)OCC(=O)Nc2ccc(N3CCOCC3)cc2)cc1. The number of hydrogen-bond donors (Lipinski definition) is 1. The molecule has 2 aromatic carbocycles. The van der Waals surface area contributed by atoms with Crippen molar-refractivity contribution in [2.24, 2.45) is 0 Å². The fourth-order valence-corrected chi connectivity index (χ4v) is 3.71. The lowest BCUT2D eigenvalue weighted by Crippen LogP contribution is -2.36. The minimum atomic E-state index is -0.373. The summed E-state index contributed by atoms with van der Waals surface area (Å²) in [5.41, 5.74) is 2.98. The summed E-state index contributed by atoms with van der Waals surface area (Å²) >= 11 is 1.59. The third kappa shape index (κ3) is 7.11. The zero-order valence-corrected chi connectivity index (χ0v) is 17.4. The van der Waals surface area contributed by atoms with Gasteiger partial charge >= 0.3 is 5.97 Å². The molecule has 0 atom stereocenters. The Labute approximate surface area is 175 Å². The Bertz CT molecular complexity index is 803. The molecular weight excluding hydrogens is 388 g/mol. The molecule has 1 heterocycles. The molecule has 0 aromatic heterocycles. The molecule has 0 radical (unpaired) electrons. The Kier molecular flexibility index (Phi) is 7.95. The highest BCUT2D eigenvalue weighted by Crippen LogP contribution is 2.20. The van der Waals surface area contributed by atoms with Crippen LogP contribution in [0.1, 0.15) is 12.0 Å². The van der Waals surface area contributed by atoms with E-state index < -0.39 is 0 Å². The van der Waals surface area contributed by atoms with Gasteiger partial charge < -0.3 is 19.7 Å². The summed E-state index contributed by atoms with van der Waals surface area (Å²) in [6.07, 6.45) is 0.264. The maximum Gasteiger partial charge on any atom is 0.307 e. The molecule has 1 saturated heterocycles. The lowest BCUT2D eigenvalue weighted by Gasteiger charge is -2.28. The summed E-state index contributed by atoms with van der Waals surface area (Å²) in [6.45, 7) is 4.95. The van der Waals surface area contributed by atoms with E-state index in [0.29, 0.717) is 11.4 Å². The summed E-state index contributed by atoms with van der Waals surface area (Å²) in [4.78, 5) is 27.2. The number of anilines is 2. The molecule has 7 heteroatoms. The van der Waals surface area contributed by atoms with Crippen LogP contribution in [0, 0.1) is 6.92 Å². The zero-order chi connectivity index (χ0) is 20.5. The van der Waals surface area contributed by atoms with Crippen LogP contribution in [0.15, 0.2) is 53.4 Å². The molecule has 0 spiro atoms. The van der Waals surface area contributed by atoms with E-state index in [1.54, 1.807) is 11.8 Å². The number of aryl methyl sites for hydroxylation is 1. The first-order valence-corrected chi connectivity index (χ1v) is 10.7. The smallest absolute Gasteiger partial charge is 0.307 e. The summed E-state index contributed by atoms with van der Waals surface area (Å²) in [6, 6.07) is 15.8. The monoisotopic (exact) mass is 414 g/mol. The predicted molar refractivity (Wildman–Crippen MR) is 116 cm³/mol. The first kappa shape index (κ1) is 21.2. The summed E-state index contributed by atoms with van der Waals surface area (Å²) < 4.78 is 10.4. The van der Waals surface area contributed by atoms with Gasteiger partial charge in [0.1, 0.15) is 0 Å². The van der Waals surface area contributed by atoms with E-state index in [0.717, 1.165) is 36.9 Å². The summed E-state index contributed by atoms with van der Waals surface area (Å²) in [7, 11) is 0. The van der Waals surface area contributed by atoms with E-state index in [-0.39, 0.29) is 24.9 Å². The molecule has 1 aliphatic rings. The number of carbonyl (C=O) groups excluding carboxylic acids is 2. The third-order valence-corrected chi connectivity index (χ3v) is 5.50. The number of esters is 1. The maximum absolute atomic E-state index is 12.0. The predicted octanol–water partition coefficient (Wildman–Crippen LogP) is 3.50. The average Bonchev–Trinajstić information content (AvgIpc) is 2.75. The number of nitrogens with zero attached hydrogens (tertiary/aromatic N) is 1. The first-order chi connectivity index (χ1) is 14.1. The Morgan fingerprint density at radius 2 is 1.76 bits per heavy atom. The fraction of sp³-hybridized carbons (Fsp3) is 0.364. The minimum Gasteiger partial charge on any atom is -0.456 e. The van der Waals surface area contributed by atoms with Crippen LogP contribution in [-0.4, -0.2) is 50.5 Å². The highest BCUT2D eigenvalue weighted by molar-refractivity contribution is 7.99. The number of benzene rings is 2. The molecule has 0 bridgehead atoms. The highest BCUT2D eigenvalue weighted by atomic mass is 32.2. The lowest BCUT2D eigenvalue weighted by molar-refractivity contribution is -0.146. The van der Waals surface area contributed by atoms with Crippen molar-refractivity contribution in [1.29, 1.82) is 0 Å². The van der Waals surface area contributed by atoms with Gasteiger partial charge in [0.05, 0.1) is 19.6 Å². The van der Waals surface area contributed by atoms with Gasteiger partial charge in [-0.05, 0) is 43.3 Å². The quantitative estimate of drug-likeness (QED) is 0.527. The number of rotatable bonds is 8. The van der Waals surface area contributed by atoms with E-state index >= 15 is 0 Å². The molecule has 1 fully saturated rings. The van der Waals surface area contributed by atoms with Crippen LogP contribution in [-0.2, 0) is 19.1 Å². The number of amides is 1. The molecular formula is C22H26N2O4S. The number of thioether (sulfide) groups is 1. The normalized spacial score (nSPS) is 13.8. The van der Waals surface area contributed by atoms with E-state index in [4.69, 9.17) is 9.47 Å². The van der Waals surface area contributed by atoms with Crippen molar-refractivity contribution < 1.29 is 19.1 Å². The van der Waals surface area contributed by atoms with Crippen LogP contribution in [0.4, 0.5) is 11.4 Å². The molecule has 0 aliphatic carbocycles. The van der Waals surface area contributed by atoms with Gasteiger partial charge in [-0.2, -0.15) is 0 Å². The molecule has 6 nitrogen and oxygen atoms in total. The van der Waals surface area contributed by atoms with Gasteiger partial charge in [0.2, 0.25) is 0 Å². The highest BCUT2D eigenvalue weighted by Gasteiger charge is 2.12. The van der Waals surface area contributed by atoms with Gasteiger partial charge in [-0.15, -0.1) is 11.8 Å². The standard InChI is InChI=1S/C22H26N2O4S/c1-17-2-8-20(9-3-17)29-15-10-22(26)28-16-21(25)23-18-4-6-19(7-5-18)24-11-13-27-14-12-24/h2-9H,10-16H2,1H3,(H,23,25). The van der Waals surface area contributed by atoms with Gasteiger partial charge in [0, 0.05) is 35.1 Å². The van der Waals surface area contributed by atoms with Crippen LogP contribution < -0.4 is 10.2 Å². The second-order valence-electron chi connectivity index (χ2n) is 6.77. The average molecular weight is 415 g/mol. The number of hydrogen-bond acceptors (Lipinski definition) is 6. The molecule has 0 saturated carbocycles. The number of carbonyl (C=O) groups is 2. The van der Waals surface area contributed by atoms with Gasteiger partial charge in [-0.1, -0.05) is 17.7 Å². The molecule has 154 valence electrons. The van der Waals surface area contributed by atoms with Crippen molar-refractivity contribution in [2.75, 3.05) is 48.9 Å². The van der Waals surface area contributed by atoms with Crippen molar-refractivity contribution in [3.8, 4) is 0 Å². The topological polar surface area (TPSA) is 67.9 Å². The van der Waals surface area contributed by atoms with Crippen LogP contribution >= 0.6 is 11.8 Å². The molecule has 0 unspecified atom stereocenters.